The Morgan fingerprint density at radius 3 is 2.37 bits per heavy atom. The molecular formula is C29H36F3N7O2. The molecule has 1 aliphatic carbocycles. The van der Waals surface area contributed by atoms with E-state index in [0.29, 0.717) is 23.0 Å². The minimum absolute atomic E-state index is 0.00240. The maximum Gasteiger partial charge on any atom is 0.406 e. The summed E-state index contributed by atoms with van der Waals surface area (Å²) in [6.45, 7) is 0.382. The SMILES string of the molecule is C1CC1.CN1CCC(Nc2cccc3c2cc(-c2noc(CNC=O)n2)n3CC(F)(F)F)C(N)C1.c1ccccc1. The van der Waals surface area contributed by atoms with E-state index in [4.69, 9.17) is 10.3 Å². The number of likely N-dealkylation sites (N-methyl/N-ethyl adjacent to an activating group) is 1. The molecule has 2 aliphatic rings. The number of nitrogens with two attached hydrogens (primary N) is 1. The molecule has 9 nitrogen and oxygen atoms in total. The fraction of sp³-hybridized carbons (Fsp3) is 0.414. The Kier molecular flexibility index (Phi) is 10.4. The van der Waals surface area contributed by atoms with Gasteiger partial charge in [0, 0.05) is 29.7 Å². The van der Waals surface area contributed by atoms with E-state index in [-0.39, 0.29) is 36.0 Å². The summed E-state index contributed by atoms with van der Waals surface area (Å²) in [5, 5.41) is 10.2. The molecule has 2 fully saturated rings. The Morgan fingerprint density at radius 2 is 1.78 bits per heavy atom. The summed E-state index contributed by atoms with van der Waals surface area (Å²) in [6.07, 6.45) is 1.34. The van der Waals surface area contributed by atoms with Gasteiger partial charge in [-0.2, -0.15) is 18.2 Å². The second kappa shape index (κ2) is 14.1. The molecule has 41 heavy (non-hydrogen) atoms. The second-order valence-corrected chi connectivity index (χ2v) is 10.2. The van der Waals surface area contributed by atoms with Gasteiger partial charge in [0.15, 0.2) is 0 Å². The molecule has 4 aromatic rings. The average Bonchev–Trinajstić information content (AvgIpc) is 3.70. The normalized spacial score (nSPS) is 18.5. The van der Waals surface area contributed by atoms with Crippen LogP contribution < -0.4 is 16.4 Å². The number of rotatable bonds is 7. The van der Waals surface area contributed by atoms with Crippen LogP contribution in [0.15, 0.2) is 65.2 Å². The van der Waals surface area contributed by atoms with Crippen molar-refractivity contribution in [2.45, 2.75) is 57.0 Å². The number of hydrogen-bond acceptors (Lipinski definition) is 7. The number of carbonyl (C=O) groups is 1. The van der Waals surface area contributed by atoms with Crippen LogP contribution in [-0.4, -0.2) is 64.4 Å². The zero-order valence-corrected chi connectivity index (χ0v) is 23.0. The third-order valence-electron chi connectivity index (χ3n) is 6.54. The second-order valence-electron chi connectivity index (χ2n) is 10.2. The molecule has 6 rings (SSSR count). The van der Waals surface area contributed by atoms with Gasteiger partial charge in [-0.15, -0.1) is 0 Å². The van der Waals surface area contributed by atoms with Crippen molar-refractivity contribution >= 4 is 23.0 Å². The lowest BCUT2D eigenvalue weighted by Crippen LogP contribution is -2.53. The molecule has 220 valence electrons. The first-order valence-electron chi connectivity index (χ1n) is 13.6. The van der Waals surface area contributed by atoms with Crippen LogP contribution in [0.5, 0.6) is 0 Å². The van der Waals surface area contributed by atoms with Crippen molar-refractivity contribution < 1.29 is 22.5 Å². The number of aromatic nitrogens is 3. The molecule has 4 N–H and O–H groups in total. The molecule has 1 amide bonds. The van der Waals surface area contributed by atoms with Crippen LogP contribution in [0, 0.1) is 0 Å². The van der Waals surface area contributed by atoms with Crippen molar-refractivity contribution in [3.05, 3.63) is 66.6 Å². The summed E-state index contributed by atoms with van der Waals surface area (Å²) in [4.78, 5) is 16.8. The maximum atomic E-state index is 13.4. The van der Waals surface area contributed by atoms with Crippen LogP contribution in [0.3, 0.4) is 0 Å². The van der Waals surface area contributed by atoms with E-state index in [9.17, 15) is 18.0 Å². The first kappa shape index (κ1) is 30.1. The van der Waals surface area contributed by atoms with Crippen molar-refractivity contribution in [1.29, 1.82) is 0 Å². The third kappa shape index (κ3) is 9.05. The van der Waals surface area contributed by atoms with Crippen LogP contribution in [0.4, 0.5) is 18.9 Å². The number of anilines is 1. The van der Waals surface area contributed by atoms with E-state index in [0.717, 1.165) is 24.1 Å². The smallest absolute Gasteiger partial charge is 0.380 e. The highest BCUT2D eigenvalue weighted by Crippen LogP contribution is 2.34. The molecule has 0 spiro atoms. The average molecular weight is 572 g/mol. The Hall–Kier alpha value is -3.90. The van der Waals surface area contributed by atoms with E-state index in [1.165, 1.54) is 19.3 Å². The lowest BCUT2D eigenvalue weighted by molar-refractivity contribution is -0.139. The van der Waals surface area contributed by atoms with Crippen molar-refractivity contribution in [2.24, 2.45) is 5.73 Å². The van der Waals surface area contributed by atoms with E-state index in [1.54, 1.807) is 18.2 Å². The molecule has 2 atom stereocenters. The zero-order chi connectivity index (χ0) is 29.2. The molecule has 1 saturated carbocycles. The molecule has 3 heterocycles. The van der Waals surface area contributed by atoms with E-state index < -0.39 is 12.7 Å². The van der Waals surface area contributed by atoms with Crippen LogP contribution in [-0.2, 0) is 17.9 Å². The van der Waals surface area contributed by atoms with Gasteiger partial charge in [-0.05, 0) is 38.2 Å². The number of nitrogens with zero attached hydrogens (tertiary/aromatic N) is 4. The number of carbonyl (C=O) groups excluding carboxylic acids is 1. The minimum Gasteiger partial charge on any atom is -0.380 e. The fourth-order valence-corrected chi connectivity index (χ4v) is 4.42. The third-order valence-corrected chi connectivity index (χ3v) is 6.54. The Bertz CT molecular complexity index is 1340. The molecule has 2 aromatic heterocycles. The number of hydrogen-bond donors (Lipinski definition) is 3. The highest BCUT2D eigenvalue weighted by molar-refractivity contribution is 5.96. The molecule has 1 aliphatic heterocycles. The summed E-state index contributed by atoms with van der Waals surface area (Å²) in [5.41, 5.74) is 7.54. The van der Waals surface area contributed by atoms with Gasteiger partial charge in [0.25, 0.3) is 0 Å². The monoisotopic (exact) mass is 571 g/mol. The van der Waals surface area contributed by atoms with Gasteiger partial charge in [-0.25, -0.2) is 0 Å². The number of likely N-dealkylation sites (tertiary alicyclic amines) is 1. The maximum absolute atomic E-state index is 13.4. The Balaban J connectivity index is 0.000000364. The first-order valence-corrected chi connectivity index (χ1v) is 13.6. The quantitative estimate of drug-likeness (QED) is 0.273. The molecule has 0 radical (unpaired) electrons. The fourth-order valence-electron chi connectivity index (χ4n) is 4.42. The van der Waals surface area contributed by atoms with Crippen molar-refractivity contribution in [3.63, 3.8) is 0 Å². The number of nitrogens with one attached hydrogen (secondary N) is 2. The highest BCUT2D eigenvalue weighted by Gasteiger charge is 2.32. The number of alkyl halides is 3. The molecule has 2 aromatic carbocycles. The first-order chi connectivity index (χ1) is 19.7. The molecule has 2 unspecified atom stereocenters. The summed E-state index contributed by atoms with van der Waals surface area (Å²) in [7, 11) is 2.00. The van der Waals surface area contributed by atoms with Crippen molar-refractivity contribution in [2.75, 3.05) is 25.5 Å². The number of piperidine rings is 1. The Morgan fingerprint density at radius 1 is 1.10 bits per heavy atom. The molecule has 1 saturated heterocycles. The van der Waals surface area contributed by atoms with Crippen LogP contribution in [0.1, 0.15) is 31.6 Å². The van der Waals surface area contributed by atoms with Crippen molar-refractivity contribution in [3.8, 4) is 11.5 Å². The van der Waals surface area contributed by atoms with E-state index in [1.807, 2.05) is 49.5 Å². The predicted octanol–water partition coefficient (Wildman–Crippen LogP) is 4.80. The molecule has 0 bridgehead atoms. The van der Waals surface area contributed by atoms with Gasteiger partial charge < -0.3 is 30.4 Å². The summed E-state index contributed by atoms with van der Waals surface area (Å²) < 4.78 is 46.4. The largest absolute Gasteiger partial charge is 0.406 e. The van der Waals surface area contributed by atoms with Crippen molar-refractivity contribution in [1.82, 2.24) is 24.9 Å². The van der Waals surface area contributed by atoms with Gasteiger partial charge in [0.05, 0.1) is 17.8 Å². The predicted molar refractivity (Wildman–Crippen MR) is 152 cm³/mol. The number of halogens is 3. The van der Waals surface area contributed by atoms with E-state index in [2.05, 4.69) is 25.7 Å². The standard InChI is InChI=1S/C20H24F3N7O2.C6H6.C3H6/c1-29-6-5-15(13(24)9-29)26-14-3-2-4-16-12(14)7-17(30(16)10-20(21,22)23)19-27-18(32-28-19)8-25-11-31;1-2-4-6-5-3-1;1-2-3-1/h2-4,7,11,13,15,26H,5-6,8-10,24H2,1H3,(H,25,31);1-6H;1-3H2. The number of fused-ring (bicyclic) bond motifs is 1. The number of benzene rings is 2. The van der Waals surface area contributed by atoms with Gasteiger partial charge >= 0.3 is 6.18 Å². The van der Waals surface area contributed by atoms with Crippen LogP contribution in [0.2, 0.25) is 0 Å². The van der Waals surface area contributed by atoms with Gasteiger partial charge in [0.1, 0.15) is 6.54 Å². The zero-order valence-electron chi connectivity index (χ0n) is 23.0. The Labute approximate surface area is 236 Å². The topological polar surface area (TPSA) is 114 Å². The lowest BCUT2D eigenvalue weighted by Gasteiger charge is -2.35. The summed E-state index contributed by atoms with van der Waals surface area (Å²) in [6, 6.07) is 18.7. The summed E-state index contributed by atoms with van der Waals surface area (Å²) >= 11 is 0. The van der Waals surface area contributed by atoms with Gasteiger partial charge in [-0.1, -0.05) is 66.9 Å². The summed E-state index contributed by atoms with van der Waals surface area (Å²) in [5.74, 6) is 0.0988. The van der Waals surface area contributed by atoms with E-state index >= 15 is 0 Å². The van der Waals surface area contributed by atoms with Gasteiger partial charge in [-0.3, -0.25) is 4.79 Å². The number of amides is 1. The molecular weight excluding hydrogens is 535 g/mol. The highest BCUT2D eigenvalue weighted by atomic mass is 19.4. The molecule has 12 heteroatoms. The minimum atomic E-state index is -4.45. The van der Waals surface area contributed by atoms with Crippen LogP contribution >= 0.6 is 0 Å². The van der Waals surface area contributed by atoms with Crippen LogP contribution in [0.25, 0.3) is 22.4 Å². The van der Waals surface area contributed by atoms with Gasteiger partial charge in [0.2, 0.25) is 18.1 Å². The lowest BCUT2D eigenvalue weighted by atomic mass is 10.00.